The Bertz CT molecular complexity index is 1080. The minimum absolute atomic E-state index is 0.00528. The smallest absolute Gasteiger partial charge is 0.246 e. The number of anilines is 1. The number of amides is 5. The Labute approximate surface area is 222 Å². The Hall–Kier alpha value is -3.47. The molecule has 0 aromatic heterocycles. The normalized spacial score (nSPS) is 26.0. The van der Waals surface area contributed by atoms with Gasteiger partial charge < -0.3 is 31.5 Å². The molecule has 11 heteroatoms. The Morgan fingerprint density at radius 2 is 1.84 bits per heavy atom. The van der Waals surface area contributed by atoms with Crippen molar-refractivity contribution in [2.45, 2.75) is 95.0 Å². The van der Waals surface area contributed by atoms with Crippen LogP contribution < -0.4 is 26.6 Å². The van der Waals surface area contributed by atoms with E-state index in [1.165, 1.54) is 0 Å². The summed E-state index contributed by atoms with van der Waals surface area (Å²) in [4.78, 5) is 64.8. The first kappa shape index (κ1) is 27.6. The van der Waals surface area contributed by atoms with Gasteiger partial charge in [0.05, 0.1) is 6.04 Å². The van der Waals surface area contributed by atoms with E-state index >= 15 is 0 Å². The summed E-state index contributed by atoms with van der Waals surface area (Å²) in [5.74, 6) is -1.04. The lowest BCUT2D eigenvalue weighted by atomic mass is 9.98. The summed E-state index contributed by atoms with van der Waals surface area (Å²) < 4.78 is 0. The van der Waals surface area contributed by atoms with Crippen LogP contribution in [0.3, 0.4) is 0 Å². The molecule has 5 atom stereocenters. The van der Waals surface area contributed by atoms with E-state index in [1.807, 2.05) is 6.07 Å². The number of carbonyl (C=O) groups excluding carboxylic acids is 5. The van der Waals surface area contributed by atoms with Crippen LogP contribution in [-0.4, -0.2) is 71.7 Å². The highest BCUT2D eigenvalue weighted by atomic mass is 16.2. The van der Waals surface area contributed by atoms with Crippen LogP contribution in [-0.2, 0) is 30.5 Å². The van der Waals surface area contributed by atoms with Crippen molar-refractivity contribution < 1.29 is 24.0 Å². The molecule has 5 N–H and O–H groups in total. The van der Waals surface area contributed by atoms with Crippen molar-refractivity contribution in [2.75, 3.05) is 12.4 Å². The number of likely N-dealkylation sites (N-methyl/N-ethyl adjacent to an activating group) is 1. The van der Waals surface area contributed by atoms with Crippen LogP contribution in [0.25, 0.3) is 0 Å². The molecule has 1 aromatic carbocycles. The quantitative estimate of drug-likeness (QED) is 0.334. The fourth-order valence-corrected chi connectivity index (χ4v) is 5.46. The maximum atomic E-state index is 13.5. The molecule has 11 nitrogen and oxygen atoms in total. The zero-order chi connectivity index (χ0) is 27.2. The van der Waals surface area contributed by atoms with Gasteiger partial charge in [-0.3, -0.25) is 24.0 Å². The van der Waals surface area contributed by atoms with Gasteiger partial charge >= 0.3 is 0 Å². The van der Waals surface area contributed by atoms with Crippen LogP contribution in [0.4, 0.5) is 5.69 Å². The average molecular weight is 527 g/mol. The van der Waals surface area contributed by atoms with E-state index in [0.29, 0.717) is 31.4 Å². The second kappa shape index (κ2) is 12.4. The Morgan fingerprint density at radius 3 is 2.58 bits per heavy atom. The molecule has 38 heavy (non-hydrogen) atoms. The summed E-state index contributed by atoms with van der Waals surface area (Å²) in [7, 11) is 1.69. The van der Waals surface area contributed by atoms with Crippen molar-refractivity contribution in [1.82, 2.24) is 26.2 Å². The van der Waals surface area contributed by atoms with E-state index in [-0.39, 0.29) is 42.1 Å². The molecule has 0 spiro atoms. The molecule has 3 aliphatic rings. The number of nitrogens with one attached hydrogen (secondary N) is 5. The van der Waals surface area contributed by atoms with Crippen molar-refractivity contribution in [3.8, 4) is 0 Å². The minimum atomic E-state index is -0.639. The van der Waals surface area contributed by atoms with Crippen molar-refractivity contribution >= 4 is 35.2 Å². The molecule has 3 aliphatic heterocycles. The fraction of sp³-hybridized carbons (Fsp3) is 0.593. The van der Waals surface area contributed by atoms with Gasteiger partial charge in [0, 0.05) is 24.7 Å². The molecule has 3 heterocycles. The SMILES string of the molecule is CN[C@@H](C)C(=O)NC1CCCC[C@H]2CCC(C(=O)NCc3cccc(NC(=O)[C@@H]4CCC(=O)N4)c3)N2C1=O. The number of hydrogen-bond acceptors (Lipinski definition) is 6. The predicted octanol–water partition coefficient (Wildman–Crippen LogP) is 0.546. The van der Waals surface area contributed by atoms with Gasteiger partial charge in [0.2, 0.25) is 29.5 Å². The number of benzene rings is 1. The number of rotatable bonds is 8. The molecule has 0 aliphatic carbocycles. The number of carbonyl (C=O) groups is 5. The Morgan fingerprint density at radius 1 is 1.05 bits per heavy atom. The third kappa shape index (κ3) is 6.50. The number of hydrogen-bond donors (Lipinski definition) is 5. The van der Waals surface area contributed by atoms with Gasteiger partial charge in [0.15, 0.2) is 0 Å². The summed E-state index contributed by atoms with van der Waals surface area (Å²) in [6.07, 6.45) is 5.36. The third-order valence-corrected chi connectivity index (χ3v) is 7.75. The molecule has 3 saturated heterocycles. The lowest BCUT2D eigenvalue weighted by molar-refractivity contribution is -0.144. The second-order valence-corrected chi connectivity index (χ2v) is 10.4. The lowest BCUT2D eigenvalue weighted by Gasteiger charge is -2.35. The molecule has 4 rings (SSSR count). The van der Waals surface area contributed by atoms with Crippen LogP contribution in [0.1, 0.15) is 63.9 Å². The van der Waals surface area contributed by atoms with Gasteiger partial charge in [-0.15, -0.1) is 0 Å². The molecule has 1 aromatic rings. The highest BCUT2D eigenvalue weighted by Crippen LogP contribution is 2.31. The van der Waals surface area contributed by atoms with Crippen molar-refractivity contribution in [3.63, 3.8) is 0 Å². The van der Waals surface area contributed by atoms with Gasteiger partial charge in [-0.2, -0.15) is 0 Å². The number of fused-ring (bicyclic) bond motifs is 1. The first-order chi connectivity index (χ1) is 18.3. The maximum Gasteiger partial charge on any atom is 0.246 e. The summed E-state index contributed by atoms with van der Waals surface area (Å²) in [5.41, 5.74) is 1.38. The van der Waals surface area contributed by atoms with E-state index in [9.17, 15) is 24.0 Å². The summed E-state index contributed by atoms with van der Waals surface area (Å²) >= 11 is 0. The second-order valence-electron chi connectivity index (χ2n) is 10.4. The van der Waals surface area contributed by atoms with Crippen molar-refractivity contribution in [2.24, 2.45) is 0 Å². The molecule has 0 saturated carbocycles. The first-order valence-electron chi connectivity index (χ1n) is 13.5. The fourth-order valence-electron chi connectivity index (χ4n) is 5.46. The molecule has 0 bridgehead atoms. The lowest BCUT2D eigenvalue weighted by Crippen LogP contribution is -2.57. The van der Waals surface area contributed by atoms with E-state index in [1.54, 1.807) is 37.1 Å². The minimum Gasteiger partial charge on any atom is -0.350 e. The van der Waals surface area contributed by atoms with Gasteiger partial charge in [-0.1, -0.05) is 25.0 Å². The van der Waals surface area contributed by atoms with Gasteiger partial charge in [0.1, 0.15) is 18.1 Å². The standard InChI is InChI=1S/C27H38N6O5/c1-16(28-2)24(35)32-21-9-4-3-8-19-10-12-22(33(19)27(21)38)26(37)29-15-17-6-5-7-18(14-17)30-25(36)20-11-13-23(34)31-20/h5-7,14,16,19-22,28H,3-4,8-13,15H2,1-2H3,(H,29,37)(H,30,36)(H,31,34)(H,32,35)/t16-,19-,20-,21?,22?/m0/s1. The zero-order valence-electron chi connectivity index (χ0n) is 22.0. The summed E-state index contributed by atoms with van der Waals surface area (Å²) in [6, 6.07) is 4.99. The van der Waals surface area contributed by atoms with E-state index in [4.69, 9.17) is 0 Å². The zero-order valence-corrected chi connectivity index (χ0v) is 22.0. The average Bonchev–Trinajstić information content (AvgIpc) is 3.53. The van der Waals surface area contributed by atoms with E-state index in [2.05, 4.69) is 26.6 Å². The molecule has 0 radical (unpaired) electrons. The molecule has 2 unspecified atom stereocenters. The highest BCUT2D eigenvalue weighted by molar-refractivity contribution is 5.99. The van der Waals surface area contributed by atoms with Crippen LogP contribution in [0.5, 0.6) is 0 Å². The van der Waals surface area contributed by atoms with E-state index < -0.39 is 24.2 Å². The van der Waals surface area contributed by atoms with Crippen LogP contribution in [0, 0.1) is 0 Å². The summed E-state index contributed by atoms with van der Waals surface area (Å²) in [5, 5.41) is 14.2. The van der Waals surface area contributed by atoms with Crippen LogP contribution >= 0.6 is 0 Å². The van der Waals surface area contributed by atoms with Crippen LogP contribution in [0.15, 0.2) is 24.3 Å². The Kier molecular flexibility index (Phi) is 8.98. The third-order valence-electron chi connectivity index (χ3n) is 7.75. The monoisotopic (exact) mass is 526 g/mol. The largest absolute Gasteiger partial charge is 0.350 e. The molecular formula is C27H38N6O5. The predicted molar refractivity (Wildman–Crippen MR) is 141 cm³/mol. The molecule has 5 amide bonds. The van der Waals surface area contributed by atoms with Gasteiger partial charge in [-0.25, -0.2) is 0 Å². The summed E-state index contributed by atoms with van der Waals surface area (Å²) in [6.45, 7) is 1.98. The number of nitrogens with zero attached hydrogens (tertiary/aromatic N) is 1. The topological polar surface area (TPSA) is 149 Å². The van der Waals surface area contributed by atoms with E-state index in [0.717, 1.165) is 31.2 Å². The molecule has 206 valence electrons. The Balaban J connectivity index is 1.37. The van der Waals surface area contributed by atoms with Gasteiger partial charge in [-0.05, 0) is 63.8 Å². The maximum absolute atomic E-state index is 13.5. The van der Waals surface area contributed by atoms with Crippen molar-refractivity contribution in [3.05, 3.63) is 29.8 Å². The van der Waals surface area contributed by atoms with Crippen LogP contribution in [0.2, 0.25) is 0 Å². The highest BCUT2D eigenvalue weighted by Gasteiger charge is 2.43. The molecule has 3 fully saturated rings. The van der Waals surface area contributed by atoms with Gasteiger partial charge in [0.25, 0.3) is 0 Å². The first-order valence-corrected chi connectivity index (χ1v) is 13.5. The van der Waals surface area contributed by atoms with Crippen molar-refractivity contribution in [1.29, 1.82) is 0 Å². The molecular weight excluding hydrogens is 488 g/mol.